The molecule has 0 radical (unpaired) electrons. The lowest BCUT2D eigenvalue weighted by Gasteiger charge is -2.16. The van der Waals surface area contributed by atoms with E-state index in [1.807, 2.05) is 0 Å². The number of nitrogens with zero attached hydrogens (tertiary/aromatic N) is 2. The summed E-state index contributed by atoms with van der Waals surface area (Å²) in [6.45, 7) is 0. The summed E-state index contributed by atoms with van der Waals surface area (Å²) in [4.78, 5) is 15.0. The number of aliphatic hydroxyl groups is 2. The van der Waals surface area contributed by atoms with Crippen LogP contribution in [0.15, 0.2) is 12.3 Å². The third-order valence-electron chi connectivity index (χ3n) is 2.27. The molecule has 18 heavy (non-hydrogen) atoms. The molecular formula is C11H11ClN2O4. The second-order valence-electron chi connectivity index (χ2n) is 3.47. The molecule has 2 N–H and O–H groups in total. The maximum atomic E-state index is 11.3. The number of hydrogen-bond acceptors (Lipinski definition) is 6. The average Bonchev–Trinajstić information content (AvgIpc) is 2.37. The number of methoxy groups -OCH3 is 1. The largest absolute Gasteiger partial charge is 0.465 e. The highest BCUT2D eigenvalue weighted by Gasteiger charge is 2.23. The number of aliphatic hydroxyl groups excluding tert-OH is 2. The molecule has 1 heterocycles. The van der Waals surface area contributed by atoms with Gasteiger partial charge in [-0.2, -0.15) is 5.26 Å². The van der Waals surface area contributed by atoms with Crippen molar-refractivity contribution in [1.82, 2.24) is 4.98 Å². The lowest BCUT2D eigenvalue weighted by Crippen LogP contribution is -2.19. The quantitative estimate of drug-likeness (QED) is 0.620. The molecular weight excluding hydrogens is 260 g/mol. The number of nitriles is 1. The SMILES string of the molecule is COC(=O)c1cnc(Cl)c(C(O)C(O)CC#N)c1. The van der Waals surface area contributed by atoms with Crippen LogP contribution in [-0.4, -0.2) is 34.4 Å². The third-order valence-corrected chi connectivity index (χ3v) is 2.59. The zero-order valence-corrected chi connectivity index (χ0v) is 10.3. The number of pyridine rings is 1. The molecule has 2 unspecified atom stereocenters. The van der Waals surface area contributed by atoms with E-state index >= 15 is 0 Å². The van der Waals surface area contributed by atoms with Crippen LogP contribution in [-0.2, 0) is 4.74 Å². The Morgan fingerprint density at radius 3 is 2.89 bits per heavy atom. The van der Waals surface area contributed by atoms with E-state index in [9.17, 15) is 15.0 Å². The summed E-state index contributed by atoms with van der Waals surface area (Å²) in [5, 5.41) is 27.7. The van der Waals surface area contributed by atoms with Crippen LogP contribution in [0.1, 0.15) is 28.4 Å². The number of esters is 1. The summed E-state index contributed by atoms with van der Waals surface area (Å²) in [5.41, 5.74) is 0.169. The number of carbonyl (C=O) groups excluding carboxylic acids is 1. The summed E-state index contributed by atoms with van der Waals surface area (Å²) >= 11 is 5.77. The van der Waals surface area contributed by atoms with Crippen LogP contribution < -0.4 is 0 Å². The fraction of sp³-hybridized carbons (Fsp3) is 0.364. The van der Waals surface area contributed by atoms with E-state index in [0.717, 1.165) is 0 Å². The Labute approximate surface area is 108 Å². The molecule has 1 aromatic heterocycles. The highest BCUT2D eigenvalue weighted by Crippen LogP contribution is 2.25. The van der Waals surface area contributed by atoms with Crippen LogP contribution in [0.3, 0.4) is 0 Å². The number of ether oxygens (including phenoxy) is 1. The van der Waals surface area contributed by atoms with E-state index in [1.165, 1.54) is 19.4 Å². The fourth-order valence-corrected chi connectivity index (χ4v) is 1.53. The van der Waals surface area contributed by atoms with E-state index in [1.54, 1.807) is 6.07 Å². The van der Waals surface area contributed by atoms with Crippen molar-refractivity contribution in [3.8, 4) is 6.07 Å². The molecule has 0 aliphatic heterocycles. The van der Waals surface area contributed by atoms with Crippen LogP contribution in [0, 0.1) is 11.3 Å². The Bertz CT molecular complexity index is 486. The zero-order chi connectivity index (χ0) is 13.7. The van der Waals surface area contributed by atoms with Crippen molar-refractivity contribution in [2.45, 2.75) is 18.6 Å². The summed E-state index contributed by atoms with van der Waals surface area (Å²) in [6, 6.07) is 2.99. The van der Waals surface area contributed by atoms with Crippen molar-refractivity contribution in [3.05, 3.63) is 28.5 Å². The van der Waals surface area contributed by atoms with E-state index in [-0.39, 0.29) is 22.7 Å². The van der Waals surface area contributed by atoms with Crippen LogP contribution >= 0.6 is 11.6 Å². The van der Waals surface area contributed by atoms with Crippen LogP contribution in [0.4, 0.5) is 0 Å². The monoisotopic (exact) mass is 270 g/mol. The van der Waals surface area contributed by atoms with Crippen molar-refractivity contribution >= 4 is 17.6 Å². The van der Waals surface area contributed by atoms with Crippen molar-refractivity contribution in [1.29, 1.82) is 5.26 Å². The Morgan fingerprint density at radius 2 is 2.33 bits per heavy atom. The van der Waals surface area contributed by atoms with Gasteiger partial charge >= 0.3 is 5.97 Å². The summed E-state index contributed by atoms with van der Waals surface area (Å²) < 4.78 is 4.50. The molecule has 0 saturated carbocycles. The summed E-state index contributed by atoms with van der Waals surface area (Å²) in [5.74, 6) is -0.637. The molecule has 2 atom stereocenters. The van der Waals surface area contributed by atoms with Gasteiger partial charge in [0.25, 0.3) is 0 Å². The van der Waals surface area contributed by atoms with E-state index < -0.39 is 18.2 Å². The fourth-order valence-electron chi connectivity index (χ4n) is 1.31. The van der Waals surface area contributed by atoms with Gasteiger partial charge in [0, 0.05) is 11.8 Å². The first kappa shape index (κ1) is 14.4. The first-order valence-electron chi connectivity index (χ1n) is 4.98. The number of rotatable bonds is 4. The molecule has 0 aliphatic carbocycles. The molecule has 0 spiro atoms. The average molecular weight is 271 g/mol. The number of aromatic nitrogens is 1. The highest BCUT2D eigenvalue weighted by atomic mass is 35.5. The first-order valence-corrected chi connectivity index (χ1v) is 5.36. The second kappa shape index (κ2) is 6.31. The van der Waals surface area contributed by atoms with Crippen LogP contribution in [0.5, 0.6) is 0 Å². The molecule has 0 amide bonds. The Balaban J connectivity index is 3.08. The van der Waals surface area contributed by atoms with E-state index in [2.05, 4.69) is 9.72 Å². The molecule has 0 saturated heterocycles. The number of carbonyl (C=O) groups is 1. The van der Waals surface area contributed by atoms with Crippen molar-refractivity contribution in [2.24, 2.45) is 0 Å². The van der Waals surface area contributed by atoms with Crippen molar-refractivity contribution in [3.63, 3.8) is 0 Å². The normalized spacial score (nSPS) is 13.5. The van der Waals surface area contributed by atoms with Gasteiger partial charge < -0.3 is 14.9 Å². The maximum absolute atomic E-state index is 11.3. The summed E-state index contributed by atoms with van der Waals surface area (Å²) in [7, 11) is 1.21. The van der Waals surface area contributed by atoms with E-state index in [0.29, 0.717) is 0 Å². The molecule has 7 heteroatoms. The van der Waals surface area contributed by atoms with Gasteiger partial charge in [-0.1, -0.05) is 11.6 Å². The van der Waals surface area contributed by atoms with Gasteiger partial charge in [0.05, 0.1) is 31.3 Å². The van der Waals surface area contributed by atoms with Gasteiger partial charge in [-0.15, -0.1) is 0 Å². The van der Waals surface area contributed by atoms with Crippen molar-refractivity contribution in [2.75, 3.05) is 7.11 Å². The first-order chi connectivity index (χ1) is 8.51. The Kier molecular flexibility index (Phi) is 5.04. The van der Waals surface area contributed by atoms with E-state index in [4.69, 9.17) is 16.9 Å². The van der Waals surface area contributed by atoms with Gasteiger partial charge in [0.2, 0.25) is 0 Å². The van der Waals surface area contributed by atoms with Crippen LogP contribution in [0.2, 0.25) is 5.15 Å². The molecule has 0 aliphatic rings. The minimum atomic E-state index is -1.39. The number of halogens is 1. The second-order valence-corrected chi connectivity index (χ2v) is 3.83. The number of hydrogen-bond donors (Lipinski definition) is 2. The maximum Gasteiger partial charge on any atom is 0.339 e. The minimum Gasteiger partial charge on any atom is -0.465 e. The summed E-state index contributed by atoms with van der Waals surface area (Å²) in [6.07, 6.45) is -1.77. The molecule has 6 nitrogen and oxygen atoms in total. The topological polar surface area (TPSA) is 103 Å². The lowest BCUT2D eigenvalue weighted by atomic mass is 10.0. The predicted octanol–water partition coefficient (Wildman–Crippen LogP) is 0.830. The minimum absolute atomic E-state index is 0.0489. The van der Waals surface area contributed by atoms with Gasteiger partial charge in [-0.05, 0) is 6.07 Å². The van der Waals surface area contributed by atoms with Gasteiger partial charge in [-0.25, -0.2) is 9.78 Å². The van der Waals surface area contributed by atoms with Gasteiger partial charge in [-0.3, -0.25) is 0 Å². The Morgan fingerprint density at radius 1 is 1.67 bits per heavy atom. The van der Waals surface area contributed by atoms with Gasteiger partial charge in [0.15, 0.2) is 0 Å². The lowest BCUT2D eigenvalue weighted by molar-refractivity contribution is 0.0213. The molecule has 1 rings (SSSR count). The highest BCUT2D eigenvalue weighted by molar-refractivity contribution is 6.30. The van der Waals surface area contributed by atoms with Crippen LogP contribution in [0.25, 0.3) is 0 Å². The third kappa shape index (κ3) is 3.17. The molecule has 1 aromatic rings. The predicted molar refractivity (Wildman–Crippen MR) is 61.8 cm³/mol. The Hall–Kier alpha value is -1.68. The smallest absolute Gasteiger partial charge is 0.339 e. The molecule has 0 bridgehead atoms. The molecule has 0 aromatic carbocycles. The standard InChI is InChI=1S/C11H11ClN2O4/c1-18-11(17)6-4-7(10(12)14-5-6)9(16)8(15)2-3-13/h4-5,8-9,15-16H,2H2,1H3. The van der Waals surface area contributed by atoms with Gasteiger partial charge in [0.1, 0.15) is 11.3 Å². The molecule has 96 valence electrons. The zero-order valence-electron chi connectivity index (χ0n) is 9.50. The van der Waals surface area contributed by atoms with Crippen molar-refractivity contribution < 1.29 is 19.7 Å². The molecule has 0 fully saturated rings.